The van der Waals surface area contributed by atoms with E-state index in [2.05, 4.69) is 0 Å². The summed E-state index contributed by atoms with van der Waals surface area (Å²) in [6.07, 6.45) is 0.188. The standard InChI is InChI=1S/C18H20FN3O4/c1-20(2)14(23)5-4-8-22-15(24)10-18(17(22)26)12-9-11(19)6-7-13(12)21(3)16(18)25/h6-7,9H,4-5,8,10H2,1-3H3. The molecule has 0 aromatic heterocycles. The fourth-order valence-corrected chi connectivity index (χ4v) is 3.61. The van der Waals surface area contributed by atoms with Crippen molar-refractivity contribution in [3.05, 3.63) is 29.6 Å². The summed E-state index contributed by atoms with van der Waals surface area (Å²) < 4.78 is 13.8. The maximum Gasteiger partial charge on any atom is 0.250 e. The van der Waals surface area contributed by atoms with E-state index in [4.69, 9.17) is 0 Å². The summed E-state index contributed by atoms with van der Waals surface area (Å²) in [7, 11) is 4.76. The molecule has 8 heteroatoms. The number of nitrogens with zero attached hydrogens (tertiary/aromatic N) is 3. The monoisotopic (exact) mass is 361 g/mol. The number of benzene rings is 1. The Morgan fingerprint density at radius 3 is 2.58 bits per heavy atom. The number of rotatable bonds is 4. The lowest BCUT2D eigenvalue weighted by Gasteiger charge is -2.21. The topological polar surface area (TPSA) is 78.0 Å². The molecule has 1 fully saturated rings. The molecule has 7 nitrogen and oxygen atoms in total. The molecule has 1 atom stereocenters. The van der Waals surface area contributed by atoms with Crippen molar-refractivity contribution in [2.75, 3.05) is 32.6 Å². The van der Waals surface area contributed by atoms with Crippen molar-refractivity contribution in [1.82, 2.24) is 9.80 Å². The number of hydrogen-bond acceptors (Lipinski definition) is 4. The van der Waals surface area contributed by atoms with Crippen LogP contribution >= 0.6 is 0 Å². The van der Waals surface area contributed by atoms with Crippen molar-refractivity contribution in [3.8, 4) is 0 Å². The Kier molecular flexibility index (Phi) is 4.29. The fraction of sp³-hybridized carbons (Fsp3) is 0.444. The van der Waals surface area contributed by atoms with E-state index in [9.17, 15) is 23.6 Å². The molecule has 0 aliphatic carbocycles. The molecule has 2 aliphatic heterocycles. The molecule has 138 valence electrons. The molecule has 1 unspecified atom stereocenters. The zero-order chi connectivity index (χ0) is 19.2. The van der Waals surface area contributed by atoms with Gasteiger partial charge in [0.1, 0.15) is 5.82 Å². The van der Waals surface area contributed by atoms with Gasteiger partial charge in [0.25, 0.3) is 0 Å². The highest BCUT2D eigenvalue weighted by molar-refractivity contribution is 6.28. The molecular formula is C18H20FN3O4. The highest BCUT2D eigenvalue weighted by Gasteiger charge is 2.63. The van der Waals surface area contributed by atoms with Crippen molar-refractivity contribution >= 4 is 29.3 Å². The summed E-state index contributed by atoms with van der Waals surface area (Å²) >= 11 is 0. The van der Waals surface area contributed by atoms with Crippen LogP contribution in [0, 0.1) is 5.82 Å². The van der Waals surface area contributed by atoms with Gasteiger partial charge in [-0.2, -0.15) is 0 Å². The van der Waals surface area contributed by atoms with Crippen LogP contribution in [-0.4, -0.2) is 61.1 Å². The molecule has 4 amide bonds. The van der Waals surface area contributed by atoms with E-state index in [1.54, 1.807) is 14.1 Å². The van der Waals surface area contributed by atoms with E-state index in [0.29, 0.717) is 12.1 Å². The van der Waals surface area contributed by atoms with Crippen LogP contribution in [0.3, 0.4) is 0 Å². The van der Waals surface area contributed by atoms with Crippen LogP contribution < -0.4 is 4.90 Å². The van der Waals surface area contributed by atoms with Crippen LogP contribution in [0.4, 0.5) is 10.1 Å². The second-order valence-corrected chi connectivity index (χ2v) is 6.85. The van der Waals surface area contributed by atoms with Gasteiger partial charge in [0.15, 0.2) is 5.41 Å². The molecule has 3 rings (SSSR count). The lowest BCUT2D eigenvalue weighted by molar-refractivity contribution is -0.142. The molecule has 0 N–H and O–H groups in total. The first-order valence-corrected chi connectivity index (χ1v) is 8.33. The number of imide groups is 1. The Labute approximate surface area is 150 Å². The molecular weight excluding hydrogens is 341 g/mol. The van der Waals surface area contributed by atoms with Crippen molar-refractivity contribution in [3.63, 3.8) is 0 Å². The van der Waals surface area contributed by atoms with E-state index >= 15 is 0 Å². The smallest absolute Gasteiger partial charge is 0.250 e. The van der Waals surface area contributed by atoms with E-state index in [1.165, 1.54) is 29.0 Å². The predicted octanol–water partition coefficient (Wildman–Crippen LogP) is 0.667. The first kappa shape index (κ1) is 18.0. The average molecular weight is 361 g/mol. The number of halogens is 1. The molecule has 26 heavy (non-hydrogen) atoms. The van der Waals surface area contributed by atoms with Crippen LogP contribution in [0.1, 0.15) is 24.8 Å². The third kappa shape index (κ3) is 2.48. The number of likely N-dealkylation sites (N-methyl/N-ethyl adjacent to an activating group) is 1. The highest BCUT2D eigenvalue weighted by Crippen LogP contribution is 2.48. The van der Waals surface area contributed by atoms with Crippen molar-refractivity contribution in [2.45, 2.75) is 24.7 Å². The Morgan fingerprint density at radius 1 is 1.23 bits per heavy atom. The lowest BCUT2D eigenvalue weighted by atomic mass is 9.80. The number of carbonyl (C=O) groups is 4. The first-order chi connectivity index (χ1) is 12.2. The van der Waals surface area contributed by atoms with Gasteiger partial charge in [0.2, 0.25) is 23.6 Å². The third-order valence-electron chi connectivity index (χ3n) is 5.05. The van der Waals surface area contributed by atoms with Gasteiger partial charge in [-0.25, -0.2) is 4.39 Å². The minimum absolute atomic E-state index is 0.0562. The molecule has 1 saturated heterocycles. The van der Waals surface area contributed by atoms with Gasteiger partial charge >= 0.3 is 0 Å². The Bertz CT molecular complexity index is 823. The summed E-state index contributed by atoms with van der Waals surface area (Å²) in [4.78, 5) is 53.7. The highest BCUT2D eigenvalue weighted by atomic mass is 19.1. The van der Waals surface area contributed by atoms with Gasteiger partial charge in [-0.1, -0.05) is 0 Å². The molecule has 2 heterocycles. The largest absolute Gasteiger partial charge is 0.349 e. The van der Waals surface area contributed by atoms with Crippen molar-refractivity contribution < 1.29 is 23.6 Å². The summed E-state index contributed by atoms with van der Waals surface area (Å²) in [6.45, 7) is 0.0562. The third-order valence-corrected chi connectivity index (χ3v) is 5.05. The number of anilines is 1. The van der Waals surface area contributed by atoms with Gasteiger partial charge in [-0.05, 0) is 24.6 Å². The second kappa shape index (κ2) is 6.19. The SMILES string of the molecule is CN(C)C(=O)CCCN1C(=O)CC2(C1=O)C(=O)N(C)c1ccc(F)cc12. The lowest BCUT2D eigenvalue weighted by Crippen LogP contribution is -2.45. The van der Waals surface area contributed by atoms with Crippen LogP contribution in [0.15, 0.2) is 18.2 Å². The molecule has 1 aromatic carbocycles. The van der Waals surface area contributed by atoms with Crippen molar-refractivity contribution in [1.29, 1.82) is 0 Å². The average Bonchev–Trinajstić information content (AvgIpc) is 2.96. The van der Waals surface area contributed by atoms with Gasteiger partial charge in [0, 0.05) is 45.4 Å². The number of hydrogen-bond donors (Lipinski definition) is 0. The van der Waals surface area contributed by atoms with Gasteiger partial charge in [0.05, 0.1) is 6.42 Å². The Hall–Kier alpha value is -2.77. The van der Waals surface area contributed by atoms with Crippen LogP contribution in [0.5, 0.6) is 0 Å². The molecule has 0 radical (unpaired) electrons. The quantitative estimate of drug-likeness (QED) is 0.583. The van der Waals surface area contributed by atoms with E-state index < -0.39 is 29.0 Å². The Balaban J connectivity index is 1.88. The molecule has 0 saturated carbocycles. The van der Waals surface area contributed by atoms with Gasteiger partial charge < -0.3 is 9.80 Å². The maximum atomic E-state index is 13.8. The second-order valence-electron chi connectivity index (χ2n) is 6.85. The molecule has 2 aliphatic rings. The molecule has 1 spiro atoms. The van der Waals surface area contributed by atoms with Crippen molar-refractivity contribution in [2.24, 2.45) is 0 Å². The summed E-state index contributed by atoms with van der Waals surface area (Å²) in [5, 5.41) is 0. The zero-order valence-corrected chi connectivity index (χ0v) is 14.9. The maximum absolute atomic E-state index is 13.8. The number of likely N-dealkylation sites (tertiary alicyclic amines) is 1. The van der Waals surface area contributed by atoms with Crippen LogP contribution in [0.25, 0.3) is 0 Å². The van der Waals surface area contributed by atoms with Crippen LogP contribution in [-0.2, 0) is 24.6 Å². The number of amides is 4. The fourth-order valence-electron chi connectivity index (χ4n) is 3.61. The Morgan fingerprint density at radius 2 is 1.92 bits per heavy atom. The minimum atomic E-state index is -1.69. The molecule has 0 bridgehead atoms. The zero-order valence-electron chi connectivity index (χ0n) is 14.9. The van der Waals surface area contributed by atoms with E-state index in [-0.39, 0.29) is 30.9 Å². The summed E-state index contributed by atoms with van der Waals surface area (Å²) in [5.74, 6) is -2.32. The van der Waals surface area contributed by atoms with Gasteiger partial charge in [-0.3, -0.25) is 24.1 Å². The number of fused-ring (bicyclic) bond motifs is 2. The van der Waals surface area contributed by atoms with Gasteiger partial charge in [-0.15, -0.1) is 0 Å². The predicted molar refractivity (Wildman–Crippen MR) is 90.8 cm³/mol. The molecule has 1 aromatic rings. The normalized spacial score (nSPS) is 21.8. The van der Waals surface area contributed by atoms with E-state index in [0.717, 1.165) is 11.0 Å². The first-order valence-electron chi connectivity index (χ1n) is 8.33. The number of carbonyl (C=O) groups excluding carboxylic acids is 4. The minimum Gasteiger partial charge on any atom is -0.349 e. The van der Waals surface area contributed by atoms with E-state index in [1.807, 2.05) is 0 Å². The summed E-state index contributed by atoms with van der Waals surface area (Å²) in [5.41, 5.74) is -1.02. The van der Waals surface area contributed by atoms with Crippen LogP contribution in [0.2, 0.25) is 0 Å². The summed E-state index contributed by atoms with van der Waals surface area (Å²) in [6, 6.07) is 3.81.